The number of hydrogen-bond acceptors (Lipinski definition) is 7. The van der Waals surface area contributed by atoms with Gasteiger partial charge in [-0.3, -0.25) is 4.79 Å². The Hall–Kier alpha value is -2.60. The Kier molecular flexibility index (Phi) is 4.98. The van der Waals surface area contributed by atoms with Crippen LogP contribution in [0.4, 0.5) is 5.82 Å². The molecule has 4 aromatic rings. The zero-order valence-corrected chi connectivity index (χ0v) is 17.7. The lowest BCUT2D eigenvalue weighted by molar-refractivity contribution is 0.636. The van der Waals surface area contributed by atoms with Crippen LogP contribution >= 0.6 is 34.2 Å². The summed E-state index contributed by atoms with van der Waals surface area (Å²) >= 11 is 8.57. The van der Waals surface area contributed by atoms with Crippen LogP contribution in [-0.2, 0) is 0 Å². The first kappa shape index (κ1) is 18.7. The molecule has 1 atom stereocenters. The minimum Gasteiger partial charge on any atom is -0.349 e. The Labute approximate surface area is 177 Å². The van der Waals surface area contributed by atoms with E-state index in [1.165, 1.54) is 18.7 Å². The predicted octanol–water partition coefficient (Wildman–Crippen LogP) is 2.75. The third-order valence-electron chi connectivity index (χ3n) is 4.38. The molecule has 0 radical (unpaired) electrons. The van der Waals surface area contributed by atoms with E-state index < -0.39 is 0 Å². The van der Waals surface area contributed by atoms with E-state index in [9.17, 15) is 4.79 Å². The van der Waals surface area contributed by atoms with Gasteiger partial charge >= 0.3 is 0 Å². The highest BCUT2D eigenvalue weighted by atomic mass is 127. The van der Waals surface area contributed by atoms with Gasteiger partial charge in [0.25, 0.3) is 5.56 Å². The first-order valence-electron chi connectivity index (χ1n) is 8.24. The first-order valence-corrected chi connectivity index (χ1v) is 9.70. The second-order valence-corrected chi connectivity index (χ2v) is 7.73. The van der Waals surface area contributed by atoms with Crippen LogP contribution in [0.5, 0.6) is 0 Å². The van der Waals surface area contributed by atoms with Crippen LogP contribution in [0.15, 0.2) is 41.7 Å². The molecule has 0 saturated carbocycles. The maximum Gasteiger partial charge on any atom is 0.264 e. The molecule has 0 bridgehead atoms. The zero-order chi connectivity index (χ0) is 19.8. The molecular weight excluding hydrogens is 495 g/mol. The maximum absolute atomic E-state index is 11.3. The van der Waals surface area contributed by atoms with E-state index in [4.69, 9.17) is 11.6 Å². The molecule has 0 amide bonds. The van der Waals surface area contributed by atoms with Gasteiger partial charge in [0.2, 0.25) is 0 Å². The number of hydrogen-bond donors (Lipinski definition) is 1. The largest absolute Gasteiger partial charge is 0.349 e. The Morgan fingerprint density at radius 1 is 1.21 bits per heavy atom. The molecule has 0 aliphatic rings. The van der Waals surface area contributed by atoms with Gasteiger partial charge in [0.05, 0.1) is 16.6 Å². The molecule has 3 aromatic heterocycles. The van der Waals surface area contributed by atoms with Crippen LogP contribution in [-0.4, -0.2) is 42.0 Å². The second-order valence-electron chi connectivity index (χ2n) is 6.08. The van der Waals surface area contributed by atoms with Crippen molar-refractivity contribution in [2.45, 2.75) is 13.0 Å². The number of rotatable bonds is 4. The Morgan fingerprint density at radius 2 is 2.04 bits per heavy atom. The van der Waals surface area contributed by atoms with Gasteiger partial charge in [-0.2, -0.15) is 14.9 Å². The van der Waals surface area contributed by atoms with Crippen LogP contribution in [0.2, 0.25) is 5.02 Å². The molecule has 1 N–H and O–H groups in total. The molecule has 28 heavy (non-hydrogen) atoms. The maximum atomic E-state index is 11.3. The van der Waals surface area contributed by atoms with Gasteiger partial charge in [-0.05, 0) is 47.7 Å². The molecule has 0 aliphatic carbocycles. The van der Waals surface area contributed by atoms with Crippen molar-refractivity contribution < 1.29 is 0 Å². The van der Waals surface area contributed by atoms with E-state index in [0.717, 1.165) is 14.8 Å². The molecule has 9 nitrogen and oxygen atoms in total. The molecule has 0 fully saturated rings. The SMILES string of the molecule is C[C@@H](c1ncnn1-c1ccc(=O)[nH]n1)N(C)c1ncnc2c(Cl)cc(I)cc12. The number of H-pyrrole nitrogens is 1. The minimum atomic E-state index is -0.283. The number of nitrogens with one attached hydrogen (secondary N) is 1. The fourth-order valence-electron chi connectivity index (χ4n) is 2.88. The van der Waals surface area contributed by atoms with E-state index in [0.29, 0.717) is 22.2 Å². The number of fused-ring (bicyclic) bond motifs is 1. The quantitative estimate of drug-likeness (QED) is 0.423. The highest BCUT2D eigenvalue weighted by Gasteiger charge is 2.22. The van der Waals surface area contributed by atoms with Crippen LogP contribution < -0.4 is 10.5 Å². The van der Waals surface area contributed by atoms with Crippen LogP contribution in [0, 0.1) is 3.57 Å². The summed E-state index contributed by atoms with van der Waals surface area (Å²) in [6.45, 7) is 1.98. The van der Waals surface area contributed by atoms with Crippen molar-refractivity contribution in [3.05, 3.63) is 61.7 Å². The minimum absolute atomic E-state index is 0.203. The smallest absolute Gasteiger partial charge is 0.264 e. The summed E-state index contributed by atoms with van der Waals surface area (Å²) < 4.78 is 2.57. The lowest BCUT2D eigenvalue weighted by Crippen LogP contribution is -2.26. The molecule has 11 heteroatoms. The van der Waals surface area contributed by atoms with Gasteiger partial charge in [0.1, 0.15) is 18.5 Å². The van der Waals surface area contributed by atoms with E-state index in [1.807, 2.05) is 31.0 Å². The molecule has 4 rings (SSSR count). The Morgan fingerprint density at radius 3 is 2.79 bits per heavy atom. The standard InChI is InChI=1S/C17H14ClIN8O/c1-9(16-22-8-23-27(16)13-3-4-14(28)25-24-13)26(2)17-11-5-10(19)6-12(18)15(11)20-7-21-17/h3-9H,1-2H3,(H,25,28)/t9-/m0/s1. The van der Waals surface area contributed by atoms with Gasteiger partial charge in [-0.15, -0.1) is 0 Å². The number of halogens is 2. The molecule has 0 saturated heterocycles. The van der Waals surface area contributed by atoms with Gasteiger partial charge in [0, 0.05) is 22.1 Å². The van der Waals surface area contributed by atoms with Crippen LogP contribution in [0.3, 0.4) is 0 Å². The average molecular weight is 509 g/mol. The summed E-state index contributed by atoms with van der Waals surface area (Å²) in [4.78, 5) is 26.4. The highest BCUT2D eigenvalue weighted by Crippen LogP contribution is 2.32. The molecule has 3 heterocycles. The normalized spacial score (nSPS) is 12.3. The van der Waals surface area contributed by atoms with Crippen LogP contribution in [0.1, 0.15) is 18.8 Å². The Bertz CT molecular complexity index is 1200. The number of aromatic nitrogens is 7. The highest BCUT2D eigenvalue weighted by molar-refractivity contribution is 14.1. The monoisotopic (exact) mass is 508 g/mol. The van der Waals surface area contributed by atoms with Gasteiger partial charge in [-0.25, -0.2) is 20.1 Å². The summed E-state index contributed by atoms with van der Waals surface area (Å²) in [6, 6.07) is 6.64. The summed E-state index contributed by atoms with van der Waals surface area (Å²) in [6.07, 6.45) is 2.94. The molecule has 0 spiro atoms. The van der Waals surface area contributed by atoms with Crippen LogP contribution in [0.25, 0.3) is 16.7 Å². The molecular formula is C17H14ClIN8O. The predicted molar refractivity (Wildman–Crippen MR) is 114 cm³/mol. The number of nitrogens with zero attached hydrogens (tertiary/aromatic N) is 7. The summed E-state index contributed by atoms with van der Waals surface area (Å²) in [7, 11) is 1.92. The third-order valence-corrected chi connectivity index (χ3v) is 5.29. The van der Waals surface area contributed by atoms with E-state index in [2.05, 4.69) is 52.8 Å². The number of anilines is 1. The van der Waals surface area contributed by atoms with Gasteiger partial charge < -0.3 is 4.90 Å². The number of aromatic amines is 1. The summed E-state index contributed by atoms with van der Waals surface area (Å²) in [5.41, 5.74) is 0.407. The first-order chi connectivity index (χ1) is 13.5. The lowest BCUT2D eigenvalue weighted by Gasteiger charge is -2.26. The topological polar surface area (TPSA) is 105 Å². The van der Waals surface area contributed by atoms with Gasteiger partial charge in [0.15, 0.2) is 11.6 Å². The second kappa shape index (κ2) is 7.43. The molecule has 0 unspecified atom stereocenters. The van der Waals surface area contributed by atoms with Gasteiger partial charge in [-0.1, -0.05) is 11.6 Å². The van der Waals surface area contributed by atoms with Crippen molar-refractivity contribution in [2.75, 3.05) is 11.9 Å². The fourth-order valence-corrected chi connectivity index (χ4v) is 3.96. The Balaban J connectivity index is 1.77. The lowest BCUT2D eigenvalue weighted by atomic mass is 10.2. The van der Waals surface area contributed by atoms with Crippen molar-refractivity contribution in [3.8, 4) is 5.82 Å². The number of benzene rings is 1. The molecule has 1 aromatic carbocycles. The van der Waals surface area contributed by atoms with Crippen molar-refractivity contribution in [1.82, 2.24) is 34.9 Å². The fraction of sp³-hybridized carbons (Fsp3) is 0.176. The summed E-state index contributed by atoms with van der Waals surface area (Å²) in [5, 5.41) is 12.1. The van der Waals surface area contributed by atoms with E-state index >= 15 is 0 Å². The average Bonchev–Trinajstić information content (AvgIpc) is 3.16. The zero-order valence-electron chi connectivity index (χ0n) is 14.8. The van der Waals surface area contributed by atoms with Crippen molar-refractivity contribution >= 4 is 50.9 Å². The van der Waals surface area contributed by atoms with Crippen molar-refractivity contribution in [2.24, 2.45) is 0 Å². The third kappa shape index (κ3) is 3.33. The van der Waals surface area contributed by atoms with E-state index in [-0.39, 0.29) is 11.6 Å². The van der Waals surface area contributed by atoms with Crippen molar-refractivity contribution in [1.29, 1.82) is 0 Å². The molecule has 0 aliphatic heterocycles. The molecule has 142 valence electrons. The van der Waals surface area contributed by atoms with Crippen molar-refractivity contribution in [3.63, 3.8) is 0 Å². The van der Waals surface area contributed by atoms with E-state index in [1.54, 1.807) is 10.7 Å². The summed E-state index contributed by atoms with van der Waals surface area (Å²) in [5.74, 6) is 1.84.